The van der Waals surface area contributed by atoms with Crippen LogP contribution in [0.5, 0.6) is 5.75 Å². The highest BCUT2D eigenvalue weighted by molar-refractivity contribution is 5.77. The lowest BCUT2D eigenvalue weighted by atomic mass is 10.00. The molecule has 2 atom stereocenters. The molecule has 0 saturated carbocycles. The molecule has 4 aromatic rings. The van der Waals surface area contributed by atoms with E-state index in [4.69, 9.17) is 9.72 Å². The second kappa shape index (κ2) is 8.83. The molecular formula is C28H30N6O. The van der Waals surface area contributed by atoms with Gasteiger partial charge >= 0.3 is 0 Å². The molecule has 0 bridgehead atoms. The molecule has 0 aliphatic carbocycles. The summed E-state index contributed by atoms with van der Waals surface area (Å²) in [4.78, 5) is 16.4. The third-order valence-corrected chi connectivity index (χ3v) is 7.09. The number of aromatic nitrogens is 4. The van der Waals surface area contributed by atoms with Gasteiger partial charge in [0, 0.05) is 17.7 Å². The Balaban J connectivity index is 1.26. The van der Waals surface area contributed by atoms with E-state index in [0.29, 0.717) is 6.61 Å². The van der Waals surface area contributed by atoms with Crippen LogP contribution in [0.25, 0.3) is 33.6 Å². The van der Waals surface area contributed by atoms with Gasteiger partial charge in [-0.05, 0) is 55.8 Å². The number of nitrogens with one attached hydrogen (secondary N) is 4. The van der Waals surface area contributed by atoms with Gasteiger partial charge in [0.2, 0.25) is 0 Å². The summed E-state index contributed by atoms with van der Waals surface area (Å²) in [5, 5.41) is 6.70. The quantitative estimate of drug-likeness (QED) is 0.313. The SMILES string of the molecule is C=C1CCN[C@@H]1c1ncc(-c2ccc(-c3ccc4c(c3)OCCc3[nH]c([C@H](C)NC)nc3-4)cc2)[nH]1. The number of aromatic amines is 2. The molecule has 7 nitrogen and oxygen atoms in total. The molecule has 4 heterocycles. The van der Waals surface area contributed by atoms with E-state index in [0.717, 1.165) is 76.1 Å². The van der Waals surface area contributed by atoms with Crippen molar-refractivity contribution in [1.82, 2.24) is 30.6 Å². The Labute approximate surface area is 205 Å². The lowest BCUT2D eigenvalue weighted by Crippen LogP contribution is -2.14. The van der Waals surface area contributed by atoms with E-state index in [9.17, 15) is 0 Å². The van der Waals surface area contributed by atoms with Gasteiger partial charge in [-0.3, -0.25) is 0 Å². The van der Waals surface area contributed by atoms with Crippen molar-refractivity contribution in [2.45, 2.75) is 31.8 Å². The topological polar surface area (TPSA) is 90.7 Å². The number of ether oxygens (including phenoxy) is 1. The highest BCUT2D eigenvalue weighted by Gasteiger charge is 2.24. The van der Waals surface area contributed by atoms with Crippen molar-refractivity contribution >= 4 is 0 Å². The van der Waals surface area contributed by atoms with E-state index in [-0.39, 0.29) is 12.1 Å². The average Bonchev–Trinajstić information content (AvgIpc) is 3.62. The Morgan fingerprint density at radius 1 is 1.06 bits per heavy atom. The van der Waals surface area contributed by atoms with Crippen LogP contribution >= 0.6 is 0 Å². The normalized spacial score (nSPS) is 18.0. The number of imidazole rings is 2. The predicted molar refractivity (Wildman–Crippen MR) is 138 cm³/mol. The highest BCUT2D eigenvalue weighted by Crippen LogP contribution is 2.38. The minimum Gasteiger partial charge on any atom is -0.492 e. The second-order valence-corrected chi connectivity index (χ2v) is 9.32. The van der Waals surface area contributed by atoms with Crippen molar-refractivity contribution in [3.8, 4) is 39.4 Å². The third-order valence-electron chi connectivity index (χ3n) is 7.09. The number of H-pyrrole nitrogens is 2. The fraction of sp³-hybridized carbons (Fsp3) is 0.286. The van der Waals surface area contributed by atoms with Gasteiger partial charge in [0.1, 0.15) is 17.4 Å². The van der Waals surface area contributed by atoms with Crippen LogP contribution in [0.15, 0.2) is 60.8 Å². The van der Waals surface area contributed by atoms with Gasteiger partial charge in [-0.15, -0.1) is 0 Å². The third kappa shape index (κ3) is 3.96. The summed E-state index contributed by atoms with van der Waals surface area (Å²) in [5.74, 6) is 2.77. The second-order valence-electron chi connectivity index (χ2n) is 9.32. The van der Waals surface area contributed by atoms with Crippen LogP contribution in [0.2, 0.25) is 0 Å². The van der Waals surface area contributed by atoms with Crippen LogP contribution in [0, 0.1) is 0 Å². The first-order chi connectivity index (χ1) is 17.1. The molecule has 1 saturated heterocycles. The zero-order valence-corrected chi connectivity index (χ0v) is 20.1. The molecule has 7 heteroatoms. The Hall–Kier alpha value is -3.68. The summed E-state index contributed by atoms with van der Waals surface area (Å²) in [6.45, 7) is 7.85. The Morgan fingerprint density at radius 2 is 1.86 bits per heavy atom. The van der Waals surface area contributed by atoms with Crippen LogP contribution < -0.4 is 15.4 Å². The van der Waals surface area contributed by atoms with Crippen LogP contribution in [0.1, 0.15) is 42.8 Å². The van der Waals surface area contributed by atoms with E-state index < -0.39 is 0 Å². The zero-order valence-electron chi connectivity index (χ0n) is 20.1. The molecule has 0 radical (unpaired) electrons. The zero-order chi connectivity index (χ0) is 23.9. The summed E-state index contributed by atoms with van der Waals surface area (Å²) in [6.07, 6.45) is 3.71. The molecule has 0 unspecified atom stereocenters. The molecule has 178 valence electrons. The smallest absolute Gasteiger partial charge is 0.129 e. The van der Waals surface area contributed by atoms with Gasteiger partial charge in [-0.25, -0.2) is 9.97 Å². The first-order valence-corrected chi connectivity index (χ1v) is 12.2. The lowest BCUT2D eigenvalue weighted by Gasteiger charge is -2.11. The van der Waals surface area contributed by atoms with Crippen molar-refractivity contribution < 1.29 is 4.74 Å². The maximum atomic E-state index is 6.13. The molecule has 35 heavy (non-hydrogen) atoms. The molecule has 2 aliphatic rings. The van der Waals surface area contributed by atoms with Crippen LogP contribution in [0.3, 0.4) is 0 Å². The fourth-order valence-corrected chi connectivity index (χ4v) is 4.88. The number of nitrogens with zero attached hydrogens (tertiary/aromatic N) is 2. The molecule has 2 aliphatic heterocycles. The van der Waals surface area contributed by atoms with Gasteiger partial charge in [0.05, 0.1) is 36.3 Å². The fourth-order valence-electron chi connectivity index (χ4n) is 4.88. The monoisotopic (exact) mass is 466 g/mol. The van der Waals surface area contributed by atoms with Crippen molar-refractivity contribution in [3.05, 3.63) is 78.2 Å². The van der Waals surface area contributed by atoms with Gasteiger partial charge < -0.3 is 25.3 Å². The van der Waals surface area contributed by atoms with Crippen molar-refractivity contribution in [2.24, 2.45) is 0 Å². The molecule has 1 fully saturated rings. The minimum atomic E-state index is 0.121. The number of fused-ring (bicyclic) bond motifs is 3. The standard InChI is InChI=1S/C28H30N6O/c1-16-10-12-30-25(16)28-31-15-23(33-28)19-6-4-18(5-7-19)20-8-9-21-24(14-20)35-13-11-22-26(21)34-27(32-22)17(2)29-3/h4-9,14-15,17,25,29-30H,1,10-13H2,2-3H3,(H,31,33)(H,32,34)/t17-,25-/m0/s1. The van der Waals surface area contributed by atoms with E-state index in [1.807, 2.05) is 13.2 Å². The maximum Gasteiger partial charge on any atom is 0.129 e. The van der Waals surface area contributed by atoms with Gasteiger partial charge in [0.25, 0.3) is 0 Å². The van der Waals surface area contributed by atoms with Crippen LogP contribution in [-0.2, 0) is 6.42 Å². The van der Waals surface area contributed by atoms with E-state index >= 15 is 0 Å². The molecule has 0 amide bonds. The highest BCUT2D eigenvalue weighted by atomic mass is 16.5. The van der Waals surface area contributed by atoms with Crippen molar-refractivity contribution in [3.63, 3.8) is 0 Å². The summed E-state index contributed by atoms with van der Waals surface area (Å²) >= 11 is 0. The summed E-state index contributed by atoms with van der Waals surface area (Å²) in [7, 11) is 1.95. The Bertz CT molecular complexity index is 1380. The Kier molecular flexibility index (Phi) is 5.51. The average molecular weight is 467 g/mol. The minimum absolute atomic E-state index is 0.121. The first-order valence-electron chi connectivity index (χ1n) is 12.2. The van der Waals surface area contributed by atoms with Gasteiger partial charge in [-0.1, -0.05) is 42.5 Å². The van der Waals surface area contributed by atoms with Crippen molar-refractivity contribution in [1.29, 1.82) is 0 Å². The number of benzene rings is 2. The molecule has 4 N–H and O–H groups in total. The lowest BCUT2D eigenvalue weighted by molar-refractivity contribution is 0.325. The molecule has 2 aromatic carbocycles. The maximum absolute atomic E-state index is 6.13. The van der Waals surface area contributed by atoms with Crippen LogP contribution in [0.4, 0.5) is 0 Å². The summed E-state index contributed by atoms with van der Waals surface area (Å²) in [5.41, 5.74) is 8.72. The molecule has 6 rings (SSSR count). The molecule has 0 spiro atoms. The summed E-state index contributed by atoms with van der Waals surface area (Å²) in [6, 6.07) is 15.2. The first kappa shape index (κ1) is 21.8. The molecular weight excluding hydrogens is 436 g/mol. The van der Waals surface area contributed by atoms with E-state index in [1.54, 1.807) is 0 Å². The van der Waals surface area contributed by atoms with Gasteiger partial charge in [-0.2, -0.15) is 0 Å². The largest absolute Gasteiger partial charge is 0.492 e. The molecule has 2 aromatic heterocycles. The van der Waals surface area contributed by atoms with Gasteiger partial charge in [0.15, 0.2) is 0 Å². The number of rotatable bonds is 5. The van der Waals surface area contributed by atoms with E-state index in [1.165, 1.54) is 5.57 Å². The number of hydrogen-bond donors (Lipinski definition) is 4. The predicted octanol–water partition coefficient (Wildman–Crippen LogP) is 4.94. The van der Waals surface area contributed by atoms with E-state index in [2.05, 4.69) is 81.6 Å². The van der Waals surface area contributed by atoms with Crippen LogP contribution in [-0.4, -0.2) is 40.1 Å². The number of hydrogen-bond acceptors (Lipinski definition) is 5. The van der Waals surface area contributed by atoms with Crippen molar-refractivity contribution in [2.75, 3.05) is 20.2 Å². The summed E-state index contributed by atoms with van der Waals surface area (Å²) < 4.78 is 6.13. The Morgan fingerprint density at radius 3 is 2.63 bits per heavy atom.